The van der Waals surface area contributed by atoms with Crippen LogP contribution < -0.4 is 10.6 Å². The van der Waals surface area contributed by atoms with Gasteiger partial charge in [0.1, 0.15) is 22.2 Å². The number of pyridine rings is 1. The number of benzene rings is 1. The average molecular weight is 399 g/mol. The van der Waals surface area contributed by atoms with Gasteiger partial charge >= 0.3 is 0 Å². The quantitative estimate of drug-likeness (QED) is 0.415. The molecule has 2 aromatic heterocycles. The van der Waals surface area contributed by atoms with E-state index in [1.165, 1.54) is 36.0 Å². The fourth-order valence-corrected chi connectivity index (χ4v) is 3.02. The SMILES string of the molecule is CSc1nc(-c2ccncc2)nc(NCCO)c1C(=O)Nc1ccc(F)cc1. The van der Waals surface area contributed by atoms with Crippen LogP contribution in [0.3, 0.4) is 0 Å². The van der Waals surface area contributed by atoms with Crippen LogP contribution in [0.2, 0.25) is 0 Å². The van der Waals surface area contributed by atoms with E-state index in [9.17, 15) is 14.3 Å². The van der Waals surface area contributed by atoms with Crippen LogP contribution in [0, 0.1) is 5.82 Å². The summed E-state index contributed by atoms with van der Waals surface area (Å²) < 4.78 is 13.1. The monoisotopic (exact) mass is 399 g/mol. The molecule has 0 fully saturated rings. The fraction of sp³-hybridized carbons (Fsp3) is 0.158. The lowest BCUT2D eigenvalue weighted by molar-refractivity contribution is 0.102. The summed E-state index contributed by atoms with van der Waals surface area (Å²) >= 11 is 1.30. The summed E-state index contributed by atoms with van der Waals surface area (Å²) in [6, 6.07) is 9.01. The Morgan fingerprint density at radius 2 is 1.86 bits per heavy atom. The molecule has 1 aromatic carbocycles. The molecule has 0 aliphatic heterocycles. The van der Waals surface area contributed by atoms with Gasteiger partial charge in [0.15, 0.2) is 5.82 Å². The largest absolute Gasteiger partial charge is 0.395 e. The molecule has 3 aromatic rings. The number of thioether (sulfide) groups is 1. The summed E-state index contributed by atoms with van der Waals surface area (Å²) in [6.07, 6.45) is 5.07. The maximum Gasteiger partial charge on any atom is 0.262 e. The molecule has 144 valence electrons. The zero-order chi connectivity index (χ0) is 19.9. The molecule has 7 nitrogen and oxygen atoms in total. The van der Waals surface area contributed by atoms with Crippen molar-refractivity contribution >= 4 is 29.2 Å². The van der Waals surface area contributed by atoms with E-state index in [1.807, 2.05) is 6.26 Å². The lowest BCUT2D eigenvalue weighted by Crippen LogP contribution is -2.19. The molecule has 0 aliphatic rings. The number of hydrogen-bond acceptors (Lipinski definition) is 7. The summed E-state index contributed by atoms with van der Waals surface area (Å²) in [5.74, 6) is -0.0823. The molecule has 2 heterocycles. The molecule has 0 aliphatic carbocycles. The summed E-state index contributed by atoms with van der Waals surface area (Å²) in [4.78, 5) is 25.9. The highest BCUT2D eigenvalue weighted by molar-refractivity contribution is 7.98. The molecule has 3 N–H and O–H groups in total. The minimum Gasteiger partial charge on any atom is -0.395 e. The molecule has 0 radical (unpaired) electrons. The van der Waals surface area contributed by atoms with Crippen LogP contribution in [-0.4, -0.2) is 45.4 Å². The zero-order valence-corrected chi connectivity index (χ0v) is 15.8. The number of aromatic nitrogens is 3. The first kappa shape index (κ1) is 19.7. The highest BCUT2D eigenvalue weighted by Crippen LogP contribution is 2.28. The minimum atomic E-state index is -0.433. The van der Waals surface area contributed by atoms with Crippen LogP contribution >= 0.6 is 11.8 Å². The van der Waals surface area contributed by atoms with Crippen molar-refractivity contribution in [1.82, 2.24) is 15.0 Å². The Balaban J connectivity index is 2.02. The van der Waals surface area contributed by atoms with Crippen molar-refractivity contribution in [2.24, 2.45) is 0 Å². The molecule has 28 heavy (non-hydrogen) atoms. The second-order valence-electron chi connectivity index (χ2n) is 5.63. The van der Waals surface area contributed by atoms with Gasteiger partial charge in [0.2, 0.25) is 0 Å². The molecule has 0 spiro atoms. The maximum atomic E-state index is 13.1. The maximum absolute atomic E-state index is 13.1. The van der Waals surface area contributed by atoms with Crippen molar-refractivity contribution in [2.75, 3.05) is 30.0 Å². The molecule has 0 atom stereocenters. The first-order chi connectivity index (χ1) is 13.6. The Kier molecular flexibility index (Phi) is 6.51. The van der Waals surface area contributed by atoms with Gasteiger partial charge in [-0.1, -0.05) is 0 Å². The summed E-state index contributed by atoms with van der Waals surface area (Å²) in [5.41, 5.74) is 1.45. The van der Waals surface area contributed by atoms with Crippen LogP contribution in [0.15, 0.2) is 53.8 Å². The van der Waals surface area contributed by atoms with Crippen LogP contribution in [-0.2, 0) is 0 Å². The smallest absolute Gasteiger partial charge is 0.262 e. The molecule has 0 unspecified atom stereocenters. The van der Waals surface area contributed by atoms with E-state index in [4.69, 9.17) is 0 Å². The fourth-order valence-electron chi connectivity index (χ4n) is 2.45. The Bertz CT molecular complexity index is 955. The summed E-state index contributed by atoms with van der Waals surface area (Å²) in [5, 5.41) is 15.3. The molecular weight excluding hydrogens is 381 g/mol. The van der Waals surface area contributed by atoms with Crippen molar-refractivity contribution in [1.29, 1.82) is 0 Å². The number of rotatable bonds is 7. The highest BCUT2D eigenvalue weighted by atomic mass is 32.2. The van der Waals surface area contributed by atoms with E-state index < -0.39 is 11.7 Å². The van der Waals surface area contributed by atoms with Crippen molar-refractivity contribution in [3.05, 3.63) is 60.2 Å². The van der Waals surface area contributed by atoms with E-state index in [1.54, 1.807) is 24.5 Å². The Hall–Kier alpha value is -3.04. The van der Waals surface area contributed by atoms with Crippen molar-refractivity contribution < 1.29 is 14.3 Å². The van der Waals surface area contributed by atoms with Gasteiger partial charge in [-0.25, -0.2) is 14.4 Å². The number of carbonyl (C=O) groups is 1. The number of amides is 1. The Morgan fingerprint density at radius 1 is 1.14 bits per heavy atom. The van der Waals surface area contributed by atoms with Gasteiger partial charge in [0.05, 0.1) is 6.61 Å². The average Bonchev–Trinajstić information content (AvgIpc) is 2.73. The molecule has 0 bridgehead atoms. The van der Waals surface area contributed by atoms with E-state index >= 15 is 0 Å². The molecule has 0 saturated heterocycles. The summed E-state index contributed by atoms with van der Waals surface area (Å²) in [6.45, 7) is 0.0969. The lowest BCUT2D eigenvalue weighted by Gasteiger charge is -2.15. The van der Waals surface area contributed by atoms with Gasteiger partial charge in [-0.2, -0.15) is 0 Å². The van der Waals surface area contributed by atoms with Crippen molar-refractivity contribution in [2.45, 2.75) is 5.03 Å². The number of anilines is 2. The third-order valence-electron chi connectivity index (χ3n) is 3.74. The molecule has 0 saturated carbocycles. The van der Waals surface area contributed by atoms with Crippen LogP contribution in [0.4, 0.5) is 15.9 Å². The topological polar surface area (TPSA) is 100 Å². The van der Waals surface area contributed by atoms with Crippen LogP contribution in [0.1, 0.15) is 10.4 Å². The minimum absolute atomic E-state index is 0.123. The predicted molar refractivity (Wildman–Crippen MR) is 107 cm³/mol. The summed E-state index contributed by atoms with van der Waals surface area (Å²) in [7, 11) is 0. The number of hydrogen-bond donors (Lipinski definition) is 3. The van der Waals surface area contributed by atoms with Gasteiger partial charge in [-0.05, 0) is 42.7 Å². The number of nitrogens with one attached hydrogen (secondary N) is 2. The number of halogens is 1. The second-order valence-corrected chi connectivity index (χ2v) is 6.42. The highest BCUT2D eigenvalue weighted by Gasteiger charge is 2.21. The van der Waals surface area contributed by atoms with Crippen LogP contribution in [0.5, 0.6) is 0 Å². The number of aliphatic hydroxyl groups is 1. The van der Waals surface area contributed by atoms with Crippen molar-refractivity contribution in [3.63, 3.8) is 0 Å². The van der Waals surface area contributed by atoms with Gasteiger partial charge in [0, 0.05) is 30.2 Å². The molecule has 3 rings (SSSR count). The number of aliphatic hydroxyl groups excluding tert-OH is 1. The first-order valence-electron chi connectivity index (χ1n) is 8.40. The number of carbonyl (C=O) groups excluding carboxylic acids is 1. The lowest BCUT2D eigenvalue weighted by atomic mass is 10.2. The normalized spacial score (nSPS) is 10.5. The predicted octanol–water partition coefficient (Wildman–Crippen LogP) is 3.06. The van der Waals surface area contributed by atoms with E-state index in [0.29, 0.717) is 22.4 Å². The van der Waals surface area contributed by atoms with Gasteiger partial charge in [-0.3, -0.25) is 9.78 Å². The zero-order valence-electron chi connectivity index (χ0n) is 15.0. The third kappa shape index (κ3) is 4.62. The van der Waals surface area contributed by atoms with E-state index in [2.05, 4.69) is 25.6 Å². The standard InChI is InChI=1S/C19H18FN5O2S/c1-28-19-15(18(27)23-14-4-2-13(20)3-5-14)17(22-10-11-26)24-16(25-19)12-6-8-21-9-7-12/h2-9,26H,10-11H2,1H3,(H,23,27)(H,22,24,25). The van der Waals surface area contributed by atoms with Gasteiger partial charge in [-0.15, -0.1) is 11.8 Å². The first-order valence-corrected chi connectivity index (χ1v) is 9.63. The van der Waals surface area contributed by atoms with Crippen LogP contribution in [0.25, 0.3) is 11.4 Å². The van der Waals surface area contributed by atoms with Gasteiger partial charge in [0.25, 0.3) is 5.91 Å². The third-order valence-corrected chi connectivity index (χ3v) is 4.42. The van der Waals surface area contributed by atoms with Gasteiger partial charge < -0.3 is 15.7 Å². The van der Waals surface area contributed by atoms with E-state index in [-0.39, 0.29) is 18.7 Å². The molecular formula is C19H18FN5O2S. The Labute approximate surface area is 165 Å². The molecule has 1 amide bonds. The Morgan fingerprint density at radius 3 is 2.50 bits per heavy atom. The second kappa shape index (κ2) is 9.25. The molecule has 9 heteroatoms. The number of nitrogens with zero attached hydrogens (tertiary/aromatic N) is 3. The van der Waals surface area contributed by atoms with Crippen molar-refractivity contribution in [3.8, 4) is 11.4 Å². The van der Waals surface area contributed by atoms with E-state index in [0.717, 1.165) is 5.56 Å².